The van der Waals surface area contributed by atoms with Crippen LogP contribution < -0.4 is 11.1 Å². The van der Waals surface area contributed by atoms with Gasteiger partial charge in [0.05, 0.1) is 0 Å². The van der Waals surface area contributed by atoms with Gasteiger partial charge in [-0.1, -0.05) is 31.8 Å². The van der Waals surface area contributed by atoms with E-state index >= 15 is 0 Å². The Labute approximate surface area is 125 Å². The third kappa shape index (κ3) is 3.22. The van der Waals surface area contributed by atoms with Crippen LogP contribution in [0, 0.1) is 5.41 Å². The van der Waals surface area contributed by atoms with Crippen LogP contribution in [0.5, 0.6) is 0 Å². The van der Waals surface area contributed by atoms with Gasteiger partial charge in [0.2, 0.25) is 5.91 Å². The SMILES string of the molecule is CCC(CC)(C(=O)NCC1(SC)CCCC1)C(N)=NO. The van der Waals surface area contributed by atoms with E-state index in [0.717, 1.165) is 12.8 Å². The molecule has 0 spiro atoms. The Kier molecular flexibility index (Phi) is 6.17. The highest BCUT2D eigenvalue weighted by atomic mass is 32.2. The lowest BCUT2D eigenvalue weighted by Gasteiger charge is -2.32. The number of carbonyl (C=O) groups excluding carboxylic acids is 1. The third-order valence-corrected chi connectivity index (χ3v) is 6.18. The van der Waals surface area contributed by atoms with Crippen LogP contribution in [-0.4, -0.2) is 34.5 Å². The number of carbonyl (C=O) groups is 1. The molecule has 4 N–H and O–H groups in total. The van der Waals surface area contributed by atoms with Crippen LogP contribution in [0.4, 0.5) is 0 Å². The highest BCUT2D eigenvalue weighted by molar-refractivity contribution is 8.00. The molecule has 1 amide bonds. The normalized spacial score (nSPS) is 19.1. The standard InChI is InChI=1S/C14H27N3O2S/c1-4-14(5-2,11(15)17-19)12(18)16-10-13(20-3)8-6-7-9-13/h19H,4-10H2,1-3H3,(H2,15,17)(H,16,18). The van der Waals surface area contributed by atoms with Crippen LogP contribution in [0.15, 0.2) is 5.16 Å². The van der Waals surface area contributed by atoms with Crippen molar-refractivity contribution in [1.29, 1.82) is 0 Å². The molecular weight excluding hydrogens is 274 g/mol. The van der Waals surface area contributed by atoms with E-state index in [9.17, 15) is 4.79 Å². The molecule has 0 heterocycles. The Hall–Kier alpha value is -0.910. The van der Waals surface area contributed by atoms with Crippen molar-refractivity contribution >= 4 is 23.5 Å². The molecule has 0 aromatic carbocycles. The van der Waals surface area contributed by atoms with E-state index in [2.05, 4.69) is 16.7 Å². The number of hydrogen-bond acceptors (Lipinski definition) is 4. The summed E-state index contributed by atoms with van der Waals surface area (Å²) in [6, 6.07) is 0. The molecule has 0 aromatic heterocycles. The highest BCUT2D eigenvalue weighted by Crippen LogP contribution is 2.40. The van der Waals surface area contributed by atoms with E-state index in [0.29, 0.717) is 19.4 Å². The molecule has 1 aliphatic rings. The number of amidine groups is 1. The third-order valence-electron chi connectivity index (χ3n) is 4.76. The van der Waals surface area contributed by atoms with E-state index < -0.39 is 5.41 Å². The molecule has 1 rings (SSSR count). The second kappa shape index (κ2) is 7.20. The van der Waals surface area contributed by atoms with Crippen molar-refractivity contribution in [2.24, 2.45) is 16.3 Å². The van der Waals surface area contributed by atoms with Crippen molar-refractivity contribution in [2.45, 2.75) is 57.1 Å². The van der Waals surface area contributed by atoms with Crippen LogP contribution in [0.1, 0.15) is 52.4 Å². The van der Waals surface area contributed by atoms with Gasteiger partial charge in [0.1, 0.15) is 5.41 Å². The smallest absolute Gasteiger partial charge is 0.233 e. The maximum Gasteiger partial charge on any atom is 0.233 e. The first-order chi connectivity index (χ1) is 9.50. The zero-order valence-electron chi connectivity index (χ0n) is 12.7. The second-order valence-electron chi connectivity index (χ2n) is 5.55. The molecule has 0 atom stereocenters. The van der Waals surface area contributed by atoms with Gasteiger partial charge in [-0.25, -0.2) is 0 Å². The van der Waals surface area contributed by atoms with Gasteiger partial charge in [0, 0.05) is 11.3 Å². The van der Waals surface area contributed by atoms with Crippen molar-refractivity contribution < 1.29 is 10.0 Å². The number of nitrogens with zero attached hydrogens (tertiary/aromatic N) is 1. The van der Waals surface area contributed by atoms with Gasteiger partial charge >= 0.3 is 0 Å². The molecule has 0 aliphatic heterocycles. The predicted molar refractivity (Wildman–Crippen MR) is 84.1 cm³/mol. The summed E-state index contributed by atoms with van der Waals surface area (Å²) in [7, 11) is 0. The Bertz CT molecular complexity index is 361. The molecule has 1 saturated carbocycles. The van der Waals surface area contributed by atoms with Crippen molar-refractivity contribution in [3.63, 3.8) is 0 Å². The second-order valence-corrected chi connectivity index (χ2v) is 6.83. The summed E-state index contributed by atoms with van der Waals surface area (Å²) in [5.74, 6) is -0.122. The van der Waals surface area contributed by atoms with Crippen LogP contribution in [0.2, 0.25) is 0 Å². The van der Waals surface area contributed by atoms with Crippen molar-refractivity contribution in [2.75, 3.05) is 12.8 Å². The maximum absolute atomic E-state index is 12.6. The molecule has 116 valence electrons. The van der Waals surface area contributed by atoms with Gasteiger partial charge < -0.3 is 16.3 Å². The fraction of sp³-hybridized carbons (Fsp3) is 0.857. The molecule has 0 aromatic rings. The molecule has 6 heteroatoms. The Morgan fingerprint density at radius 1 is 1.40 bits per heavy atom. The van der Waals surface area contributed by atoms with Crippen LogP contribution in [0.25, 0.3) is 0 Å². The van der Waals surface area contributed by atoms with Gasteiger partial charge in [0.25, 0.3) is 0 Å². The number of oxime groups is 1. The molecule has 1 aliphatic carbocycles. The predicted octanol–water partition coefficient (Wildman–Crippen LogP) is 2.33. The van der Waals surface area contributed by atoms with Gasteiger partial charge in [-0.2, -0.15) is 11.8 Å². The Morgan fingerprint density at radius 3 is 2.35 bits per heavy atom. The molecule has 0 bridgehead atoms. The van der Waals surface area contributed by atoms with E-state index in [1.807, 2.05) is 25.6 Å². The first-order valence-electron chi connectivity index (χ1n) is 7.31. The minimum atomic E-state index is -0.896. The largest absolute Gasteiger partial charge is 0.409 e. The first kappa shape index (κ1) is 17.1. The van der Waals surface area contributed by atoms with Gasteiger partial charge in [-0.15, -0.1) is 0 Å². The topological polar surface area (TPSA) is 87.7 Å². The fourth-order valence-electron chi connectivity index (χ4n) is 3.03. The zero-order chi connectivity index (χ0) is 15.2. The summed E-state index contributed by atoms with van der Waals surface area (Å²) in [5, 5.41) is 15.0. The van der Waals surface area contributed by atoms with Gasteiger partial charge in [-0.3, -0.25) is 4.79 Å². The summed E-state index contributed by atoms with van der Waals surface area (Å²) in [4.78, 5) is 12.6. The number of thioether (sulfide) groups is 1. The van der Waals surface area contributed by atoms with Crippen molar-refractivity contribution in [1.82, 2.24) is 5.32 Å². The zero-order valence-corrected chi connectivity index (χ0v) is 13.6. The van der Waals surface area contributed by atoms with Crippen LogP contribution in [-0.2, 0) is 4.79 Å². The number of hydrogen-bond donors (Lipinski definition) is 3. The van der Waals surface area contributed by atoms with Crippen LogP contribution in [0.3, 0.4) is 0 Å². The van der Waals surface area contributed by atoms with E-state index in [1.54, 1.807) is 0 Å². The lowest BCUT2D eigenvalue weighted by molar-refractivity contribution is -0.128. The molecule has 0 unspecified atom stereocenters. The maximum atomic E-state index is 12.6. The molecular formula is C14H27N3O2S. The average molecular weight is 301 g/mol. The average Bonchev–Trinajstić information content (AvgIpc) is 2.96. The van der Waals surface area contributed by atoms with Crippen molar-refractivity contribution in [3.05, 3.63) is 0 Å². The van der Waals surface area contributed by atoms with E-state index in [1.165, 1.54) is 12.8 Å². The first-order valence-corrected chi connectivity index (χ1v) is 8.54. The summed E-state index contributed by atoms with van der Waals surface area (Å²) >= 11 is 1.84. The minimum absolute atomic E-state index is 0.00428. The lowest BCUT2D eigenvalue weighted by Crippen LogP contribution is -2.51. The quantitative estimate of drug-likeness (QED) is 0.291. The van der Waals surface area contributed by atoms with Crippen molar-refractivity contribution in [3.8, 4) is 0 Å². The molecule has 0 saturated heterocycles. The molecule has 0 radical (unpaired) electrons. The molecule has 20 heavy (non-hydrogen) atoms. The number of amides is 1. The van der Waals surface area contributed by atoms with Gasteiger partial charge in [-0.05, 0) is 31.9 Å². The number of rotatable bonds is 7. The van der Waals surface area contributed by atoms with E-state index in [-0.39, 0.29) is 16.5 Å². The fourth-order valence-corrected chi connectivity index (χ4v) is 3.94. The van der Waals surface area contributed by atoms with Gasteiger partial charge in [0.15, 0.2) is 5.84 Å². The summed E-state index contributed by atoms with van der Waals surface area (Å²) in [5.41, 5.74) is 4.86. The highest BCUT2D eigenvalue weighted by Gasteiger charge is 2.41. The van der Waals surface area contributed by atoms with Crippen LogP contribution >= 0.6 is 11.8 Å². The lowest BCUT2D eigenvalue weighted by atomic mass is 9.80. The number of nitrogens with two attached hydrogens (primary N) is 1. The Morgan fingerprint density at radius 2 is 1.95 bits per heavy atom. The summed E-state index contributed by atoms with van der Waals surface area (Å²) in [6.07, 6.45) is 7.89. The summed E-state index contributed by atoms with van der Waals surface area (Å²) < 4.78 is 0.161. The monoisotopic (exact) mass is 301 g/mol. The Balaban J connectivity index is 2.77. The molecule has 1 fully saturated rings. The number of nitrogens with one attached hydrogen (secondary N) is 1. The van der Waals surface area contributed by atoms with E-state index in [4.69, 9.17) is 10.9 Å². The molecule has 5 nitrogen and oxygen atoms in total. The summed E-state index contributed by atoms with van der Waals surface area (Å²) in [6.45, 7) is 4.44. The minimum Gasteiger partial charge on any atom is -0.409 e.